The third-order valence-corrected chi connectivity index (χ3v) is 4.91. The predicted molar refractivity (Wildman–Crippen MR) is 79.9 cm³/mol. The van der Waals surface area contributed by atoms with E-state index in [9.17, 15) is 4.79 Å². The number of pyridine rings is 1. The Bertz CT molecular complexity index is 564. The molecule has 0 aliphatic heterocycles. The molecule has 3 N–H and O–H groups in total. The fraction of sp³-hybridized carbons (Fsp3) is 0.0769. The van der Waals surface area contributed by atoms with E-state index >= 15 is 0 Å². The number of aromatic nitrogens is 1. The van der Waals surface area contributed by atoms with Crippen molar-refractivity contribution in [1.82, 2.24) is 4.98 Å². The molecule has 0 atom stereocenters. The number of hydrogen-bond acceptors (Lipinski definition) is 5. The van der Waals surface area contributed by atoms with E-state index in [-0.39, 0.29) is 11.7 Å². The fourth-order valence-electron chi connectivity index (χ4n) is 1.45. The van der Waals surface area contributed by atoms with Gasteiger partial charge in [-0.25, -0.2) is 0 Å². The molecule has 0 radical (unpaired) electrons. The van der Waals surface area contributed by atoms with Gasteiger partial charge in [-0.05, 0) is 0 Å². The summed E-state index contributed by atoms with van der Waals surface area (Å²) < 4.78 is 18.7. The maximum absolute atomic E-state index is 11.8. The van der Waals surface area contributed by atoms with E-state index in [1.165, 1.54) is 11.8 Å². The van der Waals surface area contributed by atoms with Crippen molar-refractivity contribution in [3.8, 4) is 0 Å². The number of amides is 1. The van der Waals surface area contributed by atoms with Crippen molar-refractivity contribution in [3.63, 3.8) is 0 Å². The number of nitrogens with one attached hydrogen (secondary N) is 1. The SMILES string of the molecule is O=C(CSc1ccccn1)Nc1ccc([As](O)O)cc1. The molecule has 20 heavy (non-hydrogen) atoms. The molecule has 1 heterocycles. The van der Waals surface area contributed by atoms with Gasteiger partial charge in [0.1, 0.15) is 0 Å². The summed E-state index contributed by atoms with van der Waals surface area (Å²) in [7, 11) is 0. The molecule has 104 valence electrons. The Morgan fingerprint density at radius 1 is 1.20 bits per heavy atom. The van der Waals surface area contributed by atoms with Crippen molar-refractivity contribution in [3.05, 3.63) is 48.7 Å². The van der Waals surface area contributed by atoms with Crippen LogP contribution in [0.3, 0.4) is 0 Å². The molecule has 5 nitrogen and oxygen atoms in total. The van der Waals surface area contributed by atoms with Crippen LogP contribution in [0.1, 0.15) is 0 Å². The van der Waals surface area contributed by atoms with E-state index in [1.54, 1.807) is 30.5 Å². The molecule has 1 aromatic carbocycles. The number of carbonyl (C=O) groups is 1. The second kappa shape index (κ2) is 7.45. The molecule has 0 bridgehead atoms. The molecule has 0 aliphatic rings. The van der Waals surface area contributed by atoms with Gasteiger partial charge in [0.25, 0.3) is 0 Å². The van der Waals surface area contributed by atoms with Gasteiger partial charge in [-0.1, -0.05) is 0 Å². The Morgan fingerprint density at radius 2 is 1.95 bits per heavy atom. The van der Waals surface area contributed by atoms with Gasteiger partial charge in [0, 0.05) is 0 Å². The van der Waals surface area contributed by atoms with Crippen molar-refractivity contribution >= 4 is 43.0 Å². The van der Waals surface area contributed by atoms with Crippen molar-refractivity contribution < 1.29 is 13.0 Å². The zero-order valence-electron chi connectivity index (χ0n) is 10.4. The van der Waals surface area contributed by atoms with Crippen LogP contribution in [0.25, 0.3) is 0 Å². The Balaban J connectivity index is 1.85. The first-order chi connectivity index (χ1) is 9.65. The molecule has 0 saturated heterocycles. The van der Waals surface area contributed by atoms with Crippen LogP contribution in [0.2, 0.25) is 0 Å². The molecule has 1 aromatic heterocycles. The summed E-state index contributed by atoms with van der Waals surface area (Å²) in [5.41, 5.74) is 0.635. The first-order valence-electron chi connectivity index (χ1n) is 5.77. The zero-order valence-corrected chi connectivity index (χ0v) is 13.1. The van der Waals surface area contributed by atoms with Crippen molar-refractivity contribution in [1.29, 1.82) is 0 Å². The molecular formula is C13H13AsN2O3S. The summed E-state index contributed by atoms with van der Waals surface area (Å²) in [6.07, 6.45) is 1.68. The molecule has 0 saturated carbocycles. The van der Waals surface area contributed by atoms with E-state index in [0.717, 1.165) is 5.03 Å². The summed E-state index contributed by atoms with van der Waals surface area (Å²) in [5.74, 6) is 0.145. The van der Waals surface area contributed by atoms with Gasteiger partial charge in [-0.3, -0.25) is 0 Å². The normalized spacial score (nSPS) is 10.6. The van der Waals surface area contributed by atoms with Gasteiger partial charge in [0.15, 0.2) is 0 Å². The maximum atomic E-state index is 11.8. The van der Waals surface area contributed by atoms with E-state index in [1.807, 2.05) is 18.2 Å². The van der Waals surface area contributed by atoms with Gasteiger partial charge >= 0.3 is 126 Å². The van der Waals surface area contributed by atoms with Gasteiger partial charge in [0.2, 0.25) is 0 Å². The second-order valence-corrected chi connectivity index (χ2v) is 7.13. The molecule has 7 heteroatoms. The van der Waals surface area contributed by atoms with Crippen LogP contribution in [-0.2, 0) is 4.79 Å². The van der Waals surface area contributed by atoms with E-state index in [4.69, 9.17) is 8.19 Å². The van der Waals surface area contributed by atoms with Crippen LogP contribution in [0, 0.1) is 0 Å². The third-order valence-electron chi connectivity index (χ3n) is 2.37. The van der Waals surface area contributed by atoms with Crippen molar-refractivity contribution in [2.45, 2.75) is 5.03 Å². The molecular weight excluding hydrogens is 339 g/mol. The molecule has 2 aromatic rings. The monoisotopic (exact) mass is 352 g/mol. The third kappa shape index (κ3) is 4.65. The van der Waals surface area contributed by atoms with Crippen LogP contribution in [0.15, 0.2) is 53.7 Å². The average molecular weight is 352 g/mol. The van der Waals surface area contributed by atoms with E-state index < -0.39 is 15.3 Å². The van der Waals surface area contributed by atoms with Crippen molar-refractivity contribution in [2.75, 3.05) is 11.1 Å². The quantitative estimate of drug-likeness (QED) is 0.539. The zero-order chi connectivity index (χ0) is 14.4. The van der Waals surface area contributed by atoms with E-state index in [2.05, 4.69) is 10.3 Å². The second-order valence-electron chi connectivity index (χ2n) is 3.84. The summed E-state index contributed by atoms with van der Waals surface area (Å²) in [6.45, 7) is 0. The van der Waals surface area contributed by atoms with Crippen LogP contribution >= 0.6 is 11.8 Å². The summed E-state index contributed by atoms with van der Waals surface area (Å²) in [6, 6.07) is 12.1. The molecule has 1 amide bonds. The fourth-order valence-corrected chi connectivity index (χ4v) is 2.98. The Hall–Kier alpha value is -1.33. The Kier molecular flexibility index (Phi) is 5.61. The van der Waals surface area contributed by atoms with Gasteiger partial charge < -0.3 is 0 Å². The summed E-state index contributed by atoms with van der Waals surface area (Å²) >= 11 is -1.47. The van der Waals surface area contributed by atoms with Gasteiger partial charge in [-0.2, -0.15) is 0 Å². The van der Waals surface area contributed by atoms with Crippen LogP contribution in [0.4, 0.5) is 5.69 Å². The van der Waals surface area contributed by atoms with Crippen LogP contribution < -0.4 is 9.67 Å². The summed E-state index contributed by atoms with van der Waals surface area (Å²) in [5, 5.41) is 3.54. The minimum absolute atomic E-state index is 0.129. The molecule has 0 unspecified atom stereocenters. The molecule has 0 spiro atoms. The number of benzene rings is 1. The number of carbonyl (C=O) groups excluding carboxylic acids is 1. The number of thioether (sulfide) groups is 1. The van der Waals surface area contributed by atoms with Gasteiger partial charge in [-0.15, -0.1) is 0 Å². The Labute approximate surface area is 126 Å². The van der Waals surface area contributed by atoms with Gasteiger partial charge in [0.05, 0.1) is 0 Å². The average Bonchev–Trinajstić information content (AvgIpc) is 2.47. The van der Waals surface area contributed by atoms with Crippen LogP contribution in [0.5, 0.6) is 0 Å². The predicted octanol–water partition coefficient (Wildman–Crippen LogP) is 0.492. The Morgan fingerprint density at radius 3 is 2.55 bits per heavy atom. The molecule has 2 rings (SSSR count). The van der Waals surface area contributed by atoms with E-state index in [0.29, 0.717) is 10.0 Å². The minimum atomic E-state index is -2.83. The van der Waals surface area contributed by atoms with Crippen molar-refractivity contribution in [2.24, 2.45) is 0 Å². The number of anilines is 1. The topological polar surface area (TPSA) is 82.5 Å². The molecule has 0 fully saturated rings. The van der Waals surface area contributed by atoms with Crippen LogP contribution in [-0.4, -0.2) is 40.2 Å². The first-order valence-corrected chi connectivity index (χ1v) is 9.37. The summed E-state index contributed by atoms with van der Waals surface area (Å²) in [4.78, 5) is 15.9. The first kappa shape index (κ1) is 15.1. The number of rotatable bonds is 5. The standard InChI is InChI=1S/C13H13AsN2O3S/c17-12(9-20-13-3-1-2-8-15-13)16-11-6-4-10(5-7-11)14(18)19/h1-8,18-19H,9H2,(H,16,17). The number of nitrogens with zero attached hydrogens (tertiary/aromatic N) is 1. The molecule has 0 aliphatic carbocycles. The number of hydrogen-bond donors (Lipinski definition) is 3.